The number of rotatable bonds is 6. The van der Waals surface area contributed by atoms with Gasteiger partial charge in [0, 0.05) is 17.8 Å². The van der Waals surface area contributed by atoms with Gasteiger partial charge in [-0.1, -0.05) is 44.2 Å². The molecule has 0 spiro atoms. The third-order valence-corrected chi connectivity index (χ3v) is 4.69. The number of nitrogens with two attached hydrogens (primary N) is 1. The minimum Gasteiger partial charge on any atom is -0.335 e. The number of fused-ring (bicyclic) bond motifs is 1. The maximum Gasteiger partial charge on any atom is 0.258 e. The predicted octanol–water partition coefficient (Wildman–Crippen LogP) is 3.03. The fraction of sp³-hybridized carbons (Fsp3) is 0.364. The highest BCUT2D eigenvalue weighted by Gasteiger charge is 2.11. The van der Waals surface area contributed by atoms with Crippen LogP contribution < -0.4 is 10.9 Å². The molecule has 0 saturated heterocycles. The van der Waals surface area contributed by atoms with Crippen molar-refractivity contribution in [3.05, 3.63) is 81.4 Å². The van der Waals surface area contributed by atoms with E-state index in [4.69, 9.17) is 0 Å². The van der Waals surface area contributed by atoms with Crippen molar-refractivity contribution in [2.45, 2.75) is 46.7 Å². The van der Waals surface area contributed by atoms with Gasteiger partial charge in [-0.05, 0) is 43.4 Å². The SMILES string of the molecule is Cc1ccc2nc(C[NH2+][C@@H](C)c3ccc(CC(C)C)cc3)cc(=O)n2c1. The predicted molar refractivity (Wildman–Crippen MR) is 105 cm³/mol. The van der Waals surface area contributed by atoms with Crippen LogP contribution >= 0.6 is 0 Å². The summed E-state index contributed by atoms with van der Waals surface area (Å²) in [5.41, 5.74) is 5.24. The van der Waals surface area contributed by atoms with Gasteiger partial charge in [-0.3, -0.25) is 9.20 Å². The molecule has 2 heterocycles. The summed E-state index contributed by atoms with van der Waals surface area (Å²) in [4.78, 5) is 16.9. The van der Waals surface area contributed by atoms with Crippen LogP contribution in [-0.2, 0) is 13.0 Å². The van der Waals surface area contributed by atoms with Gasteiger partial charge in [0.05, 0.1) is 0 Å². The molecule has 0 unspecified atom stereocenters. The summed E-state index contributed by atoms with van der Waals surface area (Å²) in [5, 5.41) is 2.23. The zero-order valence-electron chi connectivity index (χ0n) is 16.1. The molecule has 0 fully saturated rings. The van der Waals surface area contributed by atoms with E-state index in [9.17, 15) is 4.79 Å². The van der Waals surface area contributed by atoms with E-state index in [-0.39, 0.29) is 5.56 Å². The molecule has 26 heavy (non-hydrogen) atoms. The summed E-state index contributed by atoms with van der Waals surface area (Å²) in [6.07, 6.45) is 2.95. The van der Waals surface area contributed by atoms with Crippen molar-refractivity contribution in [2.75, 3.05) is 0 Å². The van der Waals surface area contributed by atoms with Crippen molar-refractivity contribution in [1.29, 1.82) is 0 Å². The molecule has 0 aliphatic carbocycles. The van der Waals surface area contributed by atoms with E-state index >= 15 is 0 Å². The Labute approximate surface area is 154 Å². The quantitative estimate of drug-likeness (QED) is 0.743. The second kappa shape index (κ2) is 7.83. The Morgan fingerprint density at radius 1 is 1.08 bits per heavy atom. The second-order valence-electron chi connectivity index (χ2n) is 7.59. The molecular formula is C22H28N3O+. The van der Waals surface area contributed by atoms with Crippen molar-refractivity contribution < 1.29 is 5.32 Å². The Balaban J connectivity index is 1.69. The van der Waals surface area contributed by atoms with E-state index in [2.05, 4.69) is 55.3 Å². The van der Waals surface area contributed by atoms with Crippen molar-refractivity contribution in [3.8, 4) is 0 Å². The minimum atomic E-state index is -0.0206. The molecule has 2 aromatic heterocycles. The fourth-order valence-electron chi connectivity index (χ4n) is 3.23. The first kappa shape index (κ1) is 18.3. The van der Waals surface area contributed by atoms with E-state index in [1.165, 1.54) is 11.1 Å². The Bertz CT molecular complexity index is 942. The van der Waals surface area contributed by atoms with E-state index < -0.39 is 0 Å². The van der Waals surface area contributed by atoms with Crippen LogP contribution in [0.5, 0.6) is 0 Å². The highest BCUT2D eigenvalue weighted by molar-refractivity contribution is 5.39. The molecule has 3 rings (SSSR count). The standard InChI is InChI=1S/C22H27N3O/c1-15(2)11-18-6-8-19(9-7-18)17(4)23-13-20-12-22(26)25-14-16(3)5-10-21(25)24-20/h5-10,12,14-15,17,23H,11,13H2,1-4H3/p+1/t17-/m0/s1. The Hall–Kier alpha value is -2.46. The van der Waals surface area contributed by atoms with Gasteiger partial charge in [0.1, 0.15) is 23.9 Å². The molecule has 0 aliphatic rings. The summed E-state index contributed by atoms with van der Waals surface area (Å²) < 4.78 is 1.61. The summed E-state index contributed by atoms with van der Waals surface area (Å²) in [6, 6.07) is 14.7. The van der Waals surface area contributed by atoms with Gasteiger partial charge in [-0.15, -0.1) is 0 Å². The lowest BCUT2D eigenvalue weighted by molar-refractivity contribution is -0.708. The molecule has 0 amide bonds. The number of benzene rings is 1. The van der Waals surface area contributed by atoms with Gasteiger partial charge in [-0.25, -0.2) is 4.98 Å². The zero-order valence-corrected chi connectivity index (χ0v) is 16.1. The fourth-order valence-corrected chi connectivity index (χ4v) is 3.23. The molecule has 2 N–H and O–H groups in total. The molecule has 1 atom stereocenters. The number of hydrogen-bond donors (Lipinski definition) is 1. The maximum atomic E-state index is 12.3. The Morgan fingerprint density at radius 2 is 1.81 bits per heavy atom. The van der Waals surface area contributed by atoms with Crippen LogP contribution in [0.2, 0.25) is 0 Å². The smallest absolute Gasteiger partial charge is 0.258 e. The number of hydrogen-bond acceptors (Lipinski definition) is 2. The zero-order chi connectivity index (χ0) is 18.7. The minimum absolute atomic E-state index is 0.0206. The van der Waals surface area contributed by atoms with E-state index in [0.29, 0.717) is 24.2 Å². The molecule has 4 heteroatoms. The monoisotopic (exact) mass is 350 g/mol. The van der Waals surface area contributed by atoms with Crippen LogP contribution in [0.25, 0.3) is 5.65 Å². The lowest BCUT2D eigenvalue weighted by atomic mass is 10.00. The van der Waals surface area contributed by atoms with Gasteiger partial charge in [0.15, 0.2) is 0 Å². The third-order valence-electron chi connectivity index (χ3n) is 4.69. The number of nitrogens with zero attached hydrogens (tertiary/aromatic N) is 2. The van der Waals surface area contributed by atoms with Crippen LogP contribution in [0, 0.1) is 12.8 Å². The lowest BCUT2D eigenvalue weighted by Crippen LogP contribution is -2.83. The van der Waals surface area contributed by atoms with Crippen LogP contribution in [0.4, 0.5) is 0 Å². The van der Waals surface area contributed by atoms with Crippen molar-refractivity contribution in [2.24, 2.45) is 5.92 Å². The number of aromatic nitrogens is 2. The first-order valence-corrected chi connectivity index (χ1v) is 9.33. The van der Waals surface area contributed by atoms with Gasteiger partial charge < -0.3 is 5.32 Å². The molecule has 136 valence electrons. The van der Waals surface area contributed by atoms with E-state index in [1.807, 2.05) is 25.3 Å². The Morgan fingerprint density at radius 3 is 2.50 bits per heavy atom. The molecule has 4 nitrogen and oxygen atoms in total. The van der Waals surface area contributed by atoms with Crippen molar-refractivity contribution in [3.63, 3.8) is 0 Å². The summed E-state index contributed by atoms with van der Waals surface area (Å²) >= 11 is 0. The van der Waals surface area contributed by atoms with E-state index in [1.54, 1.807) is 10.5 Å². The van der Waals surface area contributed by atoms with Gasteiger partial charge in [0.2, 0.25) is 0 Å². The molecule has 0 bridgehead atoms. The molecule has 0 saturated carbocycles. The number of pyridine rings is 1. The highest BCUT2D eigenvalue weighted by Crippen LogP contribution is 2.13. The molecule has 3 aromatic rings. The molecule has 0 aliphatic heterocycles. The summed E-state index contributed by atoms with van der Waals surface area (Å²) in [7, 11) is 0. The highest BCUT2D eigenvalue weighted by atomic mass is 16.1. The van der Waals surface area contributed by atoms with Crippen LogP contribution in [0.15, 0.2) is 53.5 Å². The molecule has 0 radical (unpaired) electrons. The van der Waals surface area contributed by atoms with Crippen LogP contribution in [-0.4, -0.2) is 9.38 Å². The first-order chi connectivity index (χ1) is 12.4. The number of quaternary nitrogens is 1. The summed E-state index contributed by atoms with van der Waals surface area (Å²) in [6.45, 7) is 9.33. The normalized spacial score (nSPS) is 12.7. The third kappa shape index (κ3) is 4.38. The van der Waals surface area contributed by atoms with Crippen LogP contribution in [0.3, 0.4) is 0 Å². The van der Waals surface area contributed by atoms with Gasteiger partial charge >= 0.3 is 0 Å². The van der Waals surface area contributed by atoms with Crippen LogP contribution in [0.1, 0.15) is 49.2 Å². The first-order valence-electron chi connectivity index (χ1n) is 9.33. The Kier molecular flexibility index (Phi) is 5.52. The largest absolute Gasteiger partial charge is 0.335 e. The average molecular weight is 350 g/mol. The summed E-state index contributed by atoms with van der Waals surface area (Å²) in [5.74, 6) is 0.673. The number of aryl methyl sites for hydroxylation is 1. The van der Waals surface area contributed by atoms with Gasteiger partial charge in [0.25, 0.3) is 5.56 Å². The van der Waals surface area contributed by atoms with E-state index in [0.717, 1.165) is 17.7 Å². The lowest BCUT2D eigenvalue weighted by Gasteiger charge is -2.12. The second-order valence-corrected chi connectivity index (χ2v) is 7.59. The van der Waals surface area contributed by atoms with Crippen molar-refractivity contribution in [1.82, 2.24) is 9.38 Å². The molecular weight excluding hydrogens is 322 g/mol. The van der Waals surface area contributed by atoms with Crippen molar-refractivity contribution >= 4 is 5.65 Å². The maximum absolute atomic E-state index is 12.3. The topological polar surface area (TPSA) is 51.0 Å². The van der Waals surface area contributed by atoms with Gasteiger partial charge in [-0.2, -0.15) is 0 Å². The molecule has 1 aromatic carbocycles. The average Bonchev–Trinajstić information content (AvgIpc) is 2.60.